The van der Waals surface area contributed by atoms with Crippen LogP contribution >= 0.6 is 11.8 Å². The third kappa shape index (κ3) is 4.99. The summed E-state index contributed by atoms with van der Waals surface area (Å²) in [6, 6.07) is 7.93. The average molecular weight is 335 g/mol. The van der Waals surface area contributed by atoms with E-state index in [1.165, 1.54) is 11.8 Å². The van der Waals surface area contributed by atoms with Crippen molar-refractivity contribution in [3.8, 4) is 5.75 Å². The maximum Gasteiger partial charge on any atom is 0.313 e. The third-order valence-corrected chi connectivity index (χ3v) is 4.28. The molecule has 0 atom stereocenters. The Kier molecular flexibility index (Phi) is 6.46. The lowest BCUT2D eigenvalue weighted by molar-refractivity contribution is -0.133. The summed E-state index contributed by atoms with van der Waals surface area (Å²) in [5.41, 5.74) is 1.12. The maximum absolute atomic E-state index is 10.7. The molecular weight excluding hydrogens is 314 g/mol. The fourth-order valence-corrected chi connectivity index (χ4v) is 2.93. The minimum absolute atomic E-state index is 0.00543. The molecule has 0 saturated carbocycles. The number of hydrogen-bond donors (Lipinski definition) is 1. The van der Waals surface area contributed by atoms with Crippen LogP contribution in [0.5, 0.6) is 5.75 Å². The molecule has 7 heteroatoms. The van der Waals surface area contributed by atoms with Gasteiger partial charge in [0.25, 0.3) is 0 Å². The molecule has 0 fully saturated rings. The number of carbonyl (C=O) groups is 1. The second-order valence-electron chi connectivity index (χ2n) is 5.04. The van der Waals surface area contributed by atoms with Gasteiger partial charge in [0.15, 0.2) is 5.16 Å². The number of para-hydroxylation sites is 1. The first-order chi connectivity index (χ1) is 11.1. The largest absolute Gasteiger partial charge is 0.493 e. The molecule has 2 aromatic rings. The van der Waals surface area contributed by atoms with E-state index in [-0.39, 0.29) is 5.75 Å². The van der Waals surface area contributed by atoms with Gasteiger partial charge < -0.3 is 14.4 Å². The molecule has 0 bridgehead atoms. The van der Waals surface area contributed by atoms with E-state index in [2.05, 4.69) is 10.2 Å². The number of benzene rings is 1. The topological polar surface area (TPSA) is 77.2 Å². The Balaban J connectivity index is 1.86. The highest BCUT2D eigenvalue weighted by atomic mass is 32.2. The summed E-state index contributed by atoms with van der Waals surface area (Å²) in [6.45, 7) is 5.36. The number of aliphatic carboxylic acids is 1. The van der Waals surface area contributed by atoms with Gasteiger partial charge >= 0.3 is 5.97 Å². The Morgan fingerprint density at radius 3 is 2.83 bits per heavy atom. The number of carboxylic acid groups (broad SMARTS) is 1. The lowest BCUT2D eigenvalue weighted by atomic mass is 10.2. The second kappa shape index (κ2) is 8.57. The van der Waals surface area contributed by atoms with Crippen molar-refractivity contribution in [3.63, 3.8) is 0 Å². The van der Waals surface area contributed by atoms with Crippen LogP contribution in [0.25, 0.3) is 0 Å². The molecule has 1 heterocycles. The molecule has 0 aliphatic carbocycles. The van der Waals surface area contributed by atoms with Gasteiger partial charge in [-0.25, -0.2) is 0 Å². The molecule has 0 unspecified atom stereocenters. The number of carboxylic acids is 1. The summed E-state index contributed by atoms with van der Waals surface area (Å²) in [7, 11) is 0. The van der Waals surface area contributed by atoms with E-state index in [1.54, 1.807) is 0 Å². The number of rotatable bonds is 9. The van der Waals surface area contributed by atoms with Gasteiger partial charge in [0, 0.05) is 13.0 Å². The summed E-state index contributed by atoms with van der Waals surface area (Å²) in [6.07, 6.45) is 1.58. The monoisotopic (exact) mass is 335 g/mol. The summed E-state index contributed by atoms with van der Waals surface area (Å²) < 4.78 is 7.74. The van der Waals surface area contributed by atoms with Crippen molar-refractivity contribution >= 4 is 17.7 Å². The van der Waals surface area contributed by atoms with Gasteiger partial charge in [-0.15, -0.1) is 10.2 Å². The van der Waals surface area contributed by atoms with Crippen LogP contribution in [-0.4, -0.2) is 38.2 Å². The van der Waals surface area contributed by atoms with Gasteiger partial charge in [-0.3, -0.25) is 4.79 Å². The quantitative estimate of drug-likeness (QED) is 0.561. The van der Waals surface area contributed by atoms with E-state index < -0.39 is 5.97 Å². The highest BCUT2D eigenvalue weighted by molar-refractivity contribution is 7.99. The highest BCUT2D eigenvalue weighted by Crippen LogP contribution is 2.19. The van der Waals surface area contributed by atoms with Crippen molar-refractivity contribution < 1.29 is 14.6 Å². The summed E-state index contributed by atoms with van der Waals surface area (Å²) in [4.78, 5) is 10.7. The van der Waals surface area contributed by atoms with Gasteiger partial charge in [0.2, 0.25) is 0 Å². The molecule has 1 aromatic heterocycles. The van der Waals surface area contributed by atoms with Crippen LogP contribution in [0.4, 0.5) is 0 Å². The zero-order chi connectivity index (χ0) is 16.7. The molecule has 124 valence electrons. The van der Waals surface area contributed by atoms with Crippen LogP contribution in [-0.2, 0) is 17.8 Å². The van der Waals surface area contributed by atoms with Gasteiger partial charge in [0.1, 0.15) is 11.6 Å². The number of aryl methyl sites for hydroxylation is 2. The Hall–Kier alpha value is -2.02. The third-order valence-electron chi connectivity index (χ3n) is 3.33. The number of hydrogen-bond acceptors (Lipinski definition) is 5. The molecule has 2 rings (SSSR count). The summed E-state index contributed by atoms with van der Waals surface area (Å²) in [5, 5.41) is 17.7. The number of ether oxygens (including phenoxy) is 1. The molecule has 0 amide bonds. The Bertz CT molecular complexity index is 658. The molecule has 23 heavy (non-hydrogen) atoms. The second-order valence-corrected chi connectivity index (χ2v) is 5.99. The molecule has 0 spiro atoms. The van der Waals surface area contributed by atoms with E-state index in [4.69, 9.17) is 9.84 Å². The zero-order valence-electron chi connectivity index (χ0n) is 13.4. The van der Waals surface area contributed by atoms with E-state index in [0.29, 0.717) is 11.8 Å². The lowest BCUT2D eigenvalue weighted by Gasteiger charge is -2.09. The number of thioether (sulfide) groups is 1. The zero-order valence-corrected chi connectivity index (χ0v) is 14.2. The smallest absolute Gasteiger partial charge is 0.313 e. The number of nitrogens with zero attached hydrogens (tertiary/aromatic N) is 3. The average Bonchev–Trinajstić information content (AvgIpc) is 2.93. The Labute approximate surface area is 139 Å². The van der Waals surface area contributed by atoms with Crippen LogP contribution in [0, 0.1) is 6.92 Å². The molecular formula is C16H21N3O3S. The van der Waals surface area contributed by atoms with E-state index >= 15 is 0 Å². The first-order valence-corrected chi connectivity index (χ1v) is 8.55. The molecule has 0 saturated heterocycles. The summed E-state index contributed by atoms with van der Waals surface area (Å²) in [5.74, 6) is 0.916. The highest BCUT2D eigenvalue weighted by Gasteiger charge is 2.12. The summed E-state index contributed by atoms with van der Waals surface area (Å²) >= 11 is 1.20. The fourth-order valence-electron chi connectivity index (χ4n) is 2.19. The van der Waals surface area contributed by atoms with Gasteiger partial charge in [-0.1, -0.05) is 30.0 Å². The fraction of sp³-hybridized carbons (Fsp3) is 0.438. The van der Waals surface area contributed by atoms with Gasteiger partial charge in [-0.2, -0.15) is 0 Å². The first kappa shape index (κ1) is 17.3. The Morgan fingerprint density at radius 1 is 1.35 bits per heavy atom. The standard InChI is InChI=1S/C16H21N3O3S/c1-3-19-14(17-18-16(19)23-11-15(20)21)9-6-10-22-13-8-5-4-7-12(13)2/h4-5,7-8H,3,6,9-11H2,1-2H3,(H,20,21). The van der Waals surface area contributed by atoms with E-state index in [1.807, 2.05) is 42.7 Å². The lowest BCUT2D eigenvalue weighted by Crippen LogP contribution is -2.07. The van der Waals surface area contributed by atoms with Crippen LogP contribution in [0.2, 0.25) is 0 Å². The van der Waals surface area contributed by atoms with Crippen molar-refractivity contribution in [2.24, 2.45) is 0 Å². The molecule has 0 aliphatic heterocycles. The Morgan fingerprint density at radius 2 is 2.13 bits per heavy atom. The minimum atomic E-state index is -0.853. The van der Waals surface area contributed by atoms with Crippen molar-refractivity contribution in [3.05, 3.63) is 35.7 Å². The van der Waals surface area contributed by atoms with Gasteiger partial charge in [-0.05, 0) is 31.9 Å². The number of aromatic nitrogens is 3. The van der Waals surface area contributed by atoms with Crippen LogP contribution in [0.1, 0.15) is 24.7 Å². The van der Waals surface area contributed by atoms with E-state index in [9.17, 15) is 4.79 Å². The molecule has 1 N–H and O–H groups in total. The van der Waals surface area contributed by atoms with Gasteiger partial charge in [0.05, 0.1) is 12.4 Å². The minimum Gasteiger partial charge on any atom is -0.493 e. The van der Waals surface area contributed by atoms with Crippen LogP contribution in [0.15, 0.2) is 29.4 Å². The normalized spacial score (nSPS) is 10.7. The molecule has 0 radical (unpaired) electrons. The molecule has 1 aromatic carbocycles. The predicted molar refractivity (Wildman–Crippen MR) is 89.1 cm³/mol. The van der Waals surface area contributed by atoms with Crippen molar-refractivity contribution in [1.82, 2.24) is 14.8 Å². The SMILES string of the molecule is CCn1c(CCCOc2ccccc2C)nnc1SCC(=O)O. The molecule has 0 aliphatic rings. The van der Waals surface area contributed by atoms with Crippen LogP contribution in [0.3, 0.4) is 0 Å². The van der Waals surface area contributed by atoms with E-state index in [0.717, 1.165) is 36.5 Å². The van der Waals surface area contributed by atoms with Crippen molar-refractivity contribution in [2.45, 2.75) is 38.4 Å². The van der Waals surface area contributed by atoms with Crippen molar-refractivity contribution in [2.75, 3.05) is 12.4 Å². The molecule has 6 nitrogen and oxygen atoms in total. The van der Waals surface area contributed by atoms with Crippen molar-refractivity contribution in [1.29, 1.82) is 0 Å². The first-order valence-electron chi connectivity index (χ1n) is 7.57. The maximum atomic E-state index is 10.7. The predicted octanol–water partition coefficient (Wildman–Crippen LogP) is 2.79. The van der Waals surface area contributed by atoms with Crippen LogP contribution < -0.4 is 4.74 Å².